The van der Waals surface area contributed by atoms with E-state index in [1.165, 1.54) is 0 Å². The van der Waals surface area contributed by atoms with Crippen LogP contribution in [0.25, 0.3) is 10.9 Å². The second-order valence-electron chi connectivity index (χ2n) is 8.10. The maximum atomic E-state index is 13.4. The topological polar surface area (TPSA) is 111 Å². The molecular weight excluding hydrogens is 467 g/mol. The van der Waals surface area contributed by atoms with Crippen molar-refractivity contribution in [3.63, 3.8) is 0 Å². The first-order valence-corrected chi connectivity index (χ1v) is 10.9. The van der Waals surface area contributed by atoms with Crippen molar-refractivity contribution in [3.05, 3.63) is 75.0 Å². The average Bonchev–Trinajstić information content (AvgIpc) is 3.05. The predicted molar refractivity (Wildman–Crippen MR) is 120 cm³/mol. The normalized spacial score (nSPS) is 13.6. The number of aryl methyl sites for hydroxylation is 1. The number of nitro benzene ring substituents is 1. The Morgan fingerprint density at radius 1 is 1.09 bits per heavy atom. The molecule has 1 aliphatic carbocycles. The molecule has 0 saturated carbocycles. The van der Waals surface area contributed by atoms with E-state index in [0.717, 1.165) is 42.7 Å². The van der Waals surface area contributed by atoms with Crippen LogP contribution in [0, 0.1) is 10.1 Å². The zero-order chi connectivity index (χ0) is 25.2. The summed E-state index contributed by atoms with van der Waals surface area (Å²) in [6, 6.07) is 9.02. The van der Waals surface area contributed by atoms with Gasteiger partial charge in [-0.05, 0) is 43.4 Å². The molecule has 4 rings (SSSR count). The number of pyridine rings is 1. The number of rotatable bonds is 5. The van der Waals surface area contributed by atoms with Crippen molar-refractivity contribution in [1.82, 2.24) is 4.98 Å². The van der Waals surface area contributed by atoms with E-state index in [4.69, 9.17) is 4.74 Å². The van der Waals surface area contributed by atoms with E-state index in [1.54, 1.807) is 24.3 Å². The smallest absolute Gasteiger partial charge is 0.418 e. The fraction of sp³-hybridized carbons (Fsp3) is 0.292. The molecule has 182 valence electrons. The minimum absolute atomic E-state index is 0.312. The molecule has 2 aromatic carbocycles. The van der Waals surface area contributed by atoms with E-state index in [9.17, 15) is 32.9 Å². The highest BCUT2D eigenvalue weighted by molar-refractivity contribution is 6.06. The standard InChI is InChI=1S/C24H20F3N3O5/c25-24(26,27)17-12-14(30(33)34)10-11-20(17)29-21(31)13-35-23(32)22-15-6-2-1-3-8-18(15)28-19-9-5-4-7-16(19)22/h4-5,7,9-12H,1-3,6,8,13H2,(H,29,31). The number of nitrogens with zero attached hydrogens (tertiary/aromatic N) is 2. The largest absolute Gasteiger partial charge is 0.452 e. The molecule has 0 unspecified atom stereocenters. The second-order valence-corrected chi connectivity index (χ2v) is 8.10. The van der Waals surface area contributed by atoms with Gasteiger partial charge in [-0.2, -0.15) is 13.2 Å². The molecular formula is C24H20F3N3O5. The first-order valence-electron chi connectivity index (χ1n) is 10.9. The number of para-hydroxylation sites is 1. The van der Waals surface area contributed by atoms with Crippen LogP contribution in [0.4, 0.5) is 24.5 Å². The van der Waals surface area contributed by atoms with Crippen LogP contribution in [0.15, 0.2) is 42.5 Å². The first-order chi connectivity index (χ1) is 16.6. The number of esters is 1. The lowest BCUT2D eigenvalue weighted by molar-refractivity contribution is -0.385. The number of carbonyl (C=O) groups is 2. The molecule has 1 aliphatic rings. The molecule has 0 bridgehead atoms. The molecule has 3 aromatic rings. The number of fused-ring (bicyclic) bond motifs is 2. The van der Waals surface area contributed by atoms with E-state index in [-0.39, 0.29) is 0 Å². The van der Waals surface area contributed by atoms with Crippen molar-refractivity contribution < 1.29 is 32.4 Å². The number of alkyl halides is 3. The maximum Gasteiger partial charge on any atom is 0.418 e. The fourth-order valence-corrected chi connectivity index (χ4v) is 4.16. The van der Waals surface area contributed by atoms with Gasteiger partial charge in [0, 0.05) is 23.2 Å². The van der Waals surface area contributed by atoms with Crippen LogP contribution in [0.5, 0.6) is 0 Å². The van der Waals surface area contributed by atoms with Crippen molar-refractivity contribution in [1.29, 1.82) is 0 Å². The van der Waals surface area contributed by atoms with Gasteiger partial charge in [-0.1, -0.05) is 24.6 Å². The summed E-state index contributed by atoms with van der Waals surface area (Å²) in [6.07, 6.45) is -0.817. The summed E-state index contributed by atoms with van der Waals surface area (Å²) in [6.45, 7) is -0.835. The number of carbonyl (C=O) groups excluding carboxylic acids is 2. The van der Waals surface area contributed by atoms with E-state index in [0.29, 0.717) is 35.4 Å². The van der Waals surface area contributed by atoms with Crippen molar-refractivity contribution in [2.75, 3.05) is 11.9 Å². The molecule has 1 N–H and O–H groups in total. The van der Waals surface area contributed by atoms with E-state index < -0.39 is 46.5 Å². The summed E-state index contributed by atoms with van der Waals surface area (Å²) >= 11 is 0. The van der Waals surface area contributed by atoms with Gasteiger partial charge in [0.25, 0.3) is 11.6 Å². The van der Waals surface area contributed by atoms with Crippen molar-refractivity contribution >= 4 is 34.2 Å². The van der Waals surface area contributed by atoms with Gasteiger partial charge in [0.15, 0.2) is 6.61 Å². The molecule has 35 heavy (non-hydrogen) atoms. The summed E-state index contributed by atoms with van der Waals surface area (Å²) in [5.74, 6) is -1.78. The van der Waals surface area contributed by atoms with Gasteiger partial charge in [0.1, 0.15) is 0 Å². The van der Waals surface area contributed by atoms with Crippen molar-refractivity contribution in [3.8, 4) is 0 Å². The molecule has 11 heteroatoms. The maximum absolute atomic E-state index is 13.4. The van der Waals surface area contributed by atoms with Crippen LogP contribution in [0.1, 0.15) is 46.4 Å². The van der Waals surface area contributed by atoms with Gasteiger partial charge < -0.3 is 10.1 Å². The Morgan fingerprint density at radius 3 is 2.57 bits per heavy atom. The average molecular weight is 487 g/mol. The van der Waals surface area contributed by atoms with Crippen LogP contribution >= 0.6 is 0 Å². The number of non-ortho nitro benzene ring substituents is 1. The molecule has 0 aliphatic heterocycles. The number of ether oxygens (including phenoxy) is 1. The van der Waals surface area contributed by atoms with E-state index in [2.05, 4.69) is 4.98 Å². The highest BCUT2D eigenvalue weighted by atomic mass is 19.4. The Morgan fingerprint density at radius 2 is 1.83 bits per heavy atom. The monoisotopic (exact) mass is 487 g/mol. The molecule has 0 radical (unpaired) electrons. The lowest BCUT2D eigenvalue weighted by Crippen LogP contribution is -2.23. The van der Waals surface area contributed by atoms with Crippen LogP contribution in [0.2, 0.25) is 0 Å². The number of nitrogens with one attached hydrogen (secondary N) is 1. The summed E-state index contributed by atoms with van der Waals surface area (Å²) in [5, 5.41) is 13.4. The molecule has 0 saturated heterocycles. The summed E-state index contributed by atoms with van der Waals surface area (Å²) in [4.78, 5) is 40.0. The SMILES string of the molecule is O=C(COC(=O)c1c2c(nc3ccccc13)CCCCC2)Nc1ccc([N+](=O)[O-])cc1C(F)(F)F. The van der Waals surface area contributed by atoms with Crippen LogP contribution in [-0.4, -0.2) is 28.4 Å². The highest BCUT2D eigenvalue weighted by Gasteiger charge is 2.36. The number of anilines is 1. The number of amides is 1. The van der Waals surface area contributed by atoms with Gasteiger partial charge in [-0.25, -0.2) is 4.79 Å². The van der Waals surface area contributed by atoms with Crippen LogP contribution in [0.3, 0.4) is 0 Å². The Balaban J connectivity index is 1.56. The minimum Gasteiger partial charge on any atom is -0.452 e. The number of halogens is 3. The van der Waals surface area contributed by atoms with Gasteiger partial charge in [0.2, 0.25) is 0 Å². The van der Waals surface area contributed by atoms with E-state index >= 15 is 0 Å². The zero-order valence-electron chi connectivity index (χ0n) is 18.4. The Labute approximate surface area is 197 Å². The fourth-order valence-electron chi connectivity index (χ4n) is 4.16. The summed E-state index contributed by atoms with van der Waals surface area (Å²) in [5.41, 5.74) is -0.326. The van der Waals surface area contributed by atoms with Crippen LogP contribution in [-0.2, 0) is 28.5 Å². The molecule has 0 fully saturated rings. The molecule has 0 spiro atoms. The van der Waals surface area contributed by atoms with Gasteiger partial charge >= 0.3 is 12.1 Å². The van der Waals surface area contributed by atoms with Gasteiger partial charge in [-0.3, -0.25) is 19.9 Å². The van der Waals surface area contributed by atoms with Crippen LogP contribution < -0.4 is 5.32 Å². The molecule has 1 heterocycles. The predicted octanol–water partition coefficient (Wildman–Crippen LogP) is 5.23. The van der Waals surface area contributed by atoms with Gasteiger partial charge in [0.05, 0.1) is 27.3 Å². The second kappa shape index (κ2) is 9.69. The quantitative estimate of drug-likeness (QED) is 0.228. The van der Waals surface area contributed by atoms with Crippen molar-refractivity contribution in [2.45, 2.75) is 38.3 Å². The third kappa shape index (κ3) is 5.23. The Bertz CT molecular complexity index is 1320. The number of nitro groups is 1. The van der Waals surface area contributed by atoms with Crippen molar-refractivity contribution in [2.24, 2.45) is 0 Å². The first kappa shape index (κ1) is 24.1. The lowest BCUT2D eigenvalue weighted by atomic mass is 9.97. The number of aromatic nitrogens is 1. The molecule has 0 atom stereocenters. The Hall–Kier alpha value is -4.02. The third-order valence-electron chi connectivity index (χ3n) is 5.75. The zero-order valence-corrected chi connectivity index (χ0v) is 18.4. The molecule has 1 aromatic heterocycles. The van der Waals surface area contributed by atoms with Gasteiger partial charge in [-0.15, -0.1) is 0 Å². The highest BCUT2D eigenvalue weighted by Crippen LogP contribution is 2.37. The van der Waals surface area contributed by atoms with E-state index in [1.807, 2.05) is 5.32 Å². The molecule has 1 amide bonds. The minimum atomic E-state index is -4.95. The number of benzene rings is 2. The Kier molecular flexibility index (Phi) is 6.68. The number of hydrogen-bond donors (Lipinski definition) is 1. The lowest BCUT2D eigenvalue weighted by Gasteiger charge is -2.16. The molecule has 8 nitrogen and oxygen atoms in total. The summed E-state index contributed by atoms with van der Waals surface area (Å²) < 4.78 is 45.3. The summed E-state index contributed by atoms with van der Waals surface area (Å²) in [7, 11) is 0. The third-order valence-corrected chi connectivity index (χ3v) is 5.75. The number of hydrogen-bond acceptors (Lipinski definition) is 6.